The van der Waals surface area contributed by atoms with Crippen LogP contribution in [0.4, 0.5) is 0 Å². The van der Waals surface area contributed by atoms with Gasteiger partial charge >= 0.3 is 0 Å². The van der Waals surface area contributed by atoms with Gasteiger partial charge in [-0.15, -0.1) is 25.5 Å². The summed E-state index contributed by atoms with van der Waals surface area (Å²) in [5.74, 6) is -0.145. The molecule has 0 amide bonds. The third-order valence-electron chi connectivity index (χ3n) is 6.01. The van der Waals surface area contributed by atoms with Gasteiger partial charge in [0.2, 0.25) is 11.4 Å². The first-order chi connectivity index (χ1) is 16.3. The number of hydrogen-bond donors (Lipinski definition) is 0. The summed E-state index contributed by atoms with van der Waals surface area (Å²) in [6.45, 7) is 0. The van der Waals surface area contributed by atoms with Crippen LogP contribution in [-0.4, -0.2) is 35.8 Å². The molecule has 3 aromatic carbocycles. The van der Waals surface area contributed by atoms with Crippen LogP contribution in [-0.2, 0) is 0 Å². The van der Waals surface area contributed by atoms with Crippen LogP contribution in [0.25, 0.3) is 50.3 Å². The molecule has 0 radical (unpaired) electrons. The van der Waals surface area contributed by atoms with Crippen molar-refractivity contribution in [1.29, 1.82) is 0 Å². The van der Waals surface area contributed by atoms with Crippen LogP contribution in [0, 0.1) is 0 Å². The Morgan fingerprint density at radius 2 is 1.24 bits per heavy atom. The van der Waals surface area contributed by atoms with Gasteiger partial charge in [0.15, 0.2) is 11.3 Å². The Hall–Kier alpha value is -4.78. The Bertz CT molecular complexity index is 1720. The first-order valence-electron chi connectivity index (χ1n) is 10.5. The number of fused-ring (bicyclic) bond motifs is 7. The second-order valence-electron chi connectivity index (χ2n) is 7.86. The van der Waals surface area contributed by atoms with Crippen LogP contribution in [0.15, 0.2) is 84.9 Å². The summed E-state index contributed by atoms with van der Waals surface area (Å²) in [4.78, 5) is 12.9. The number of aromatic nitrogens is 6. The van der Waals surface area contributed by atoms with Gasteiger partial charge in [-0.05, 0) is 5.56 Å². The molecule has 33 heavy (non-hydrogen) atoms. The summed E-state index contributed by atoms with van der Waals surface area (Å²) in [6.07, 6.45) is 0. The van der Waals surface area contributed by atoms with Crippen molar-refractivity contribution in [1.82, 2.24) is 30.0 Å². The minimum Gasteiger partial charge on any atom is -0.287 e. The van der Waals surface area contributed by atoms with Crippen molar-refractivity contribution >= 4 is 22.5 Å². The average Bonchev–Trinajstić information content (AvgIpc) is 3.40. The van der Waals surface area contributed by atoms with E-state index in [9.17, 15) is 4.79 Å². The minimum absolute atomic E-state index is 0.145. The molecule has 1 aliphatic rings. The highest BCUT2D eigenvalue weighted by atomic mass is 16.1. The molecule has 0 atom stereocenters. The van der Waals surface area contributed by atoms with E-state index in [4.69, 9.17) is 5.10 Å². The van der Waals surface area contributed by atoms with E-state index in [1.165, 1.54) is 0 Å². The van der Waals surface area contributed by atoms with Gasteiger partial charge in [-0.2, -0.15) is 0 Å². The Kier molecular flexibility index (Phi) is 3.57. The zero-order valence-corrected chi connectivity index (χ0v) is 17.2. The molecule has 0 saturated carbocycles. The van der Waals surface area contributed by atoms with E-state index < -0.39 is 0 Å². The van der Waals surface area contributed by atoms with Gasteiger partial charge in [-0.3, -0.25) is 4.79 Å². The van der Waals surface area contributed by atoms with Crippen LogP contribution in [0.5, 0.6) is 0 Å². The maximum Gasteiger partial charge on any atom is 0.216 e. The lowest BCUT2D eigenvalue weighted by atomic mass is 9.97. The molecule has 1 aliphatic carbocycles. The van der Waals surface area contributed by atoms with Crippen molar-refractivity contribution in [3.63, 3.8) is 0 Å². The Morgan fingerprint density at radius 1 is 0.606 bits per heavy atom. The first kappa shape index (κ1) is 17.9. The molecule has 0 N–H and O–H groups in total. The predicted octanol–water partition coefficient (Wildman–Crippen LogP) is 4.61. The van der Waals surface area contributed by atoms with Gasteiger partial charge in [0, 0.05) is 22.3 Å². The van der Waals surface area contributed by atoms with E-state index in [1.54, 1.807) is 10.6 Å². The molecule has 0 unspecified atom stereocenters. The summed E-state index contributed by atoms with van der Waals surface area (Å²) < 4.78 is 1.69. The fourth-order valence-electron chi connectivity index (χ4n) is 4.54. The van der Waals surface area contributed by atoms with E-state index >= 15 is 0 Å². The normalized spacial score (nSPS) is 12.3. The highest BCUT2D eigenvalue weighted by molar-refractivity contribution is 6.20. The van der Waals surface area contributed by atoms with Crippen LogP contribution >= 0.6 is 0 Å². The summed E-state index contributed by atoms with van der Waals surface area (Å²) in [5.41, 5.74) is 6.87. The van der Waals surface area contributed by atoms with Gasteiger partial charge in [0.05, 0.1) is 5.39 Å². The SMILES string of the molecule is O=C1c2ccccc2-c2c1nnc1c3c(-c4ccccc4)c(-c4ccccc4)nnc3nn21. The molecule has 7 rings (SSSR count). The Labute approximate surface area is 187 Å². The smallest absolute Gasteiger partial charge is 0.216 e. The molecule has 3 aromatic heterocycles. The van der Waals surface area contributed by atoms with Crippen molar-refractivity contribution < 1.29 is 4.79 Å². The molecule has 3 heterocycles. The first-order valence-corrected chi connectivity index (χ1v) is 10.5. The maximum atomic E-state index is 12.9. The third-order valence-corrected chi connectivity index (χ3v) is 6.01. The zero-order chi connectivity index (χ0) is 21.9. The van der Waals surface area contributed by atoms with Crippen molar-refractivity contribution in [2.75, 3.05) is 0 Å². The standard InChI is InChI=1S/C26H14N6O/c33-24-18-14-8-7-13-17(18)23-22(24)28-30-26-20-19(15-9-3-1-4-10-15)21(16-11-5-2-6-12-16)27-29-25(20)31-32(23)26/h1-14H. The lowest BCUT2D eigenvalue weighted by Gasteiger charge is -2.09. The number of rotatable bonds is 2. The highest BCUT2D eigenvalue weighted by Crippen LogP contribution is 2.40. The van der Waals surface area contributed by atoms with Crippen LogP contribution in [0.3, 0.4) is 0 Å². The Morgan fingerprint density at radius 3 is 2.00 bits per heavy atom. The number of ketones is 1. The predicted molar refractivity (Wildman–Crippen MR) is 124 cm³/mol. The summed E-state index contributed by atoms with van der Waals surface area (Å²) in [7, 11) is 0. The largest absolute Gasteiger partial charge is 0.287 e. The molecule has 6 aromatic rings. The van der Waals surface area contributed by atoms with Gasteiger partial charge in [-0.1, -0.05) is 84.9 Å². The molecule has 0 aliphatic heterocycles. The second kappa shape index (κ2) is 6.61. The molecule has 154 valence electrons. The summed E-state index contributed by atoms with van der Waals surface area (Å²) in [5, 5.41) is 23.3. The molecular weight excluding hydrogens is 412 g/mol. The monoisotopic (exact) mass is 426 g/mol. The van der Waals surface area contributed by atoms with Gasteiger partial charge in [0.25, 0.3) is 0 Å². The molecular formula is C26H14N6O. The molecule has 7 heteroatoms. The summed E-state index contributed by atoms with van der Waals surface area (Å²) >= 11 is 0. The average molecular weight is 426 g/mol. The quantitative estimate of drug-likeness (QED) is 0.401. The number of benzene rings is 3. The van der Waals surface area contributed by atoms with E-state index in [0.717, 1.165) is 33.3 Å². The fraction of sp³-hybridized carbons (Fsp3) is 0. The number of nitrogens with zero attached hydrogens (tertiary/aromatic N) is 6. The molecule has 0 spiro atoms. The highest BCUT2D eigenvalue weighted by Gasteiger charge is 2.33. The van der Waals surface area contributed by atoms with E-state index in [-0.39, 0.29) is 5.78 Å². The van der Waals surface area contributed by atoms with Gasteiger partial charge < -0.3 is 0 Å². The number of hydrogen-bond acceptors (Lipinski definition) is 6. The lowest BCUT2D eigenvalue weighted by Crippen LogP contribution is -2.04. The van der Waals surface area contributed by atoms with Crippen molar-refractivity contribution in [3.8, 4) is 33.6 Å². The fourth-order valence-corrected chi connectivity index (χ4v) is 4.54. The van der Waals surface area contributed by atoms with Crippen molar-refractivity contribution in [2.45, 2.75) is 0 Å². The van der Waals surface area contributed by atoms with E-state index in [2.05, 4.69) is 20.4 Å². The van der Waals surface area contributed by atoms with Crippen LogP contribution in [0.1, 0.15) is 16.1 Å². The zero-order valence-electron chi connectivity index (χ0n) is 17.2. The van der Waals surface area contributed by atoms with Crippen LogP contribution in [0.2, 0.25) is 0 Å². The van der Waals surface area contributed by atoms with E-state index in [0.29, 0.717) is 28.2 Å². The number of carbonyl (C=O) groups is 1. The van der Waals surface area contributed by atoms with Crippen LogP contribution < -0.4 is 0 Å². The van der Waals surface area contributed by atoms with Gasteiger partial charge in [0.1, 0.15) is 11.4 Å². The number of carbonyl (C=O) groups excluding carboxylic acids is 1. The molecule has 0 saturated heterocycles. The van der Waals surface area contributed by atoms with Crippen molar-refractivity contribution in [3.05, 3.63) is 96.2 Å². The maximum absolute atomic E-state index is 12.9. The Balaban J connectivity index is 1.64. The van der Waals surface area contributed by atoms with Crippen molar-refractivity contribution in [2.24, 2.45) is 0 Å². The third kappa shape index (κ3) is 2.44. The molecule has 0 fully saturated rings. The summed E-state index contributed by atoms with van der Waals surface area (Å²) in [6, 6.07) is 27.4. The van der Waals surface area contributed by atoms with E-state index in [1.807, 2.05) is 78.9 Å². The van der Waals surface area contributed by atoms with Gasteiger partial charge in [-0.25, -0.2) is 4.52 Å². The minimum atomic E-state index is -0.145. The topological polar surface area (TPSA) is 85.9 Å². The lowest BCUT2D eigenvalue weighted by molar-refractivity contribution is 0.103. The second-order valence-corrected chi connectivity index (χ2v) is 7.86. The molecule has 0 bridgehead atoms. The molecule has 7 nitrogen and oxygen atoms in total.